The number of carbonyl (C=O) groups is 1. The van der Waals surface area contributed by atoms with E-state index in [-0.39, 0.29) is 18.7 Å². The first-order chi connectivity index (χ1) is 5.84. The minimum Gasteiger partial charge on any atom is -0.294 e. The van der Waals surface area contributed by atoms with Crippen molar-refractivity contribution in [1.29, 1.82) is 0 Å². The zero-order valence-electron chi connectivity index (χ0n) is 6.56. The summed E-state index contributed by atoms with van der Waals surface area (Å²) in [5.74, 6) is -0.0322. The molecule has 0 radical (unpaired) electrons. The van der Waals surface area contributed by atoms with Gasteiger partial charge in [0.1, 0.15) is 0 Å². The highest BCUT2D eigenvalue weighted by atomic mass is 16.3. The van der Waals surface area contributed by atoms with E-state index in [9.17, 15) is 9.70 Å². The molecule has 0 aromatic heterocycles. The third-order valence-electron chi connectivity index (χ3n) is 1.53. The second kappa shape index (κ2) is 4.38. The molecule has 1 aromatic carbocycles. The summed E-state index contributed by atoms with van der Waals surface area (Å²) in [6.45, 7) is 0.0632. The topological polar surface area (TPSA) is 46.5 Å². The Kier molecular flexibility index (Phi) is 3.14. The van der Waals surface area contributed by atoms with Crippen LogP contribution in [0.3, 0.4) is 0 Å². The maximum Gasteiger partial charge on any atom is 0.164 e. The van der Waals surface area contributed by atoms with Crippen LogP contribution in [0.25, 0.3) is 0 Å². The number of hydrogen-bond donors (Lipinski definition) is 0. The molecule has 0 heterocycles. The number of Topliss-reactive ketones (excluding diaryl/α,β-unsaturated/α-hetero) is 1. The Labute approximate surface area is 70.4 Å². The van der Waals surface area contributed by atoms with E-state index in [1.807, 2.05) is 6.07 Å². The van der Waals surface area contributed by atoms with Gasteiger partial charge in [0.15, 0.2) is 5.78 Å². The summed E-state index contributed by atoms with van der Waals surface area (Å²) in [5.41, 5.74) is 0.640. The van der Waals surface area contributed by atoms with Crippen LogP contribution in [-0.2, 0) is 0 Å². The van der Waals surface area contributed by atoms with E-state index < -0.39 is 0 Å². The lowest BCUT2D eigenvalue weighted by Gasteiger charge is -1.95. The van der Waals surface area contributed by atoms with E-state index >= 15 is 0 Å². The van der Waals surface area contributed by atoms with Crippen molar-refractivity contribution >= 4 is 5.78 Å². The molecule has 62 valence electrons. The average Bonchev–Trinajstić information content (AvgIpc) is 2.15. The molecule has 0 saturated carbocycles. The minimum atomic E-state index is -0.0322. The summed E-state index contributed by atoms with van der Waals surface area (Å²) in [6.07, 6.45) is 0.202. The highest BCUT2D eigenvalue weighted by Gasteiger charge is 2.03. The molecule has 3 heteroatoms. The summed E-state index contributed by atoms with van der Waals surface area (Å²) >= 11 is 0. The van der Waals surface area contributed by atoms with Crippen molar-refractivity contribution in [2.75, 3.05) is 6.54 Å². The van der Waals surface area contributed by atoms with Gasteiger partial charge in [-0.05, 0) is 0 Å². The van der Waals surface area contributed by atoms with Crippen LogP contribution in [0, 0.1) is 4.91 Å². The Hall–Kier alpha value is -1.51. The Morgan fingerprint density at radius 2 is 1.92 bits per heavy atom. The second-order valence-corrected chi connectivity index (χ2v) is 2.39. The van der Waals surface area contributed by atoms with Gasteiger partial charge >= 0.3 is 0 Å². The first kappa shape index (κ1) is 8.59. The Bertz CT molecular complexity index is 269. The summed E-state index contributed by atoms with van der Waals surface area (Å²) in [5, 5.41) is 2.63. The smallest absolute Gasteiger partial charge is 0.164 e. The van der Waals surface area contributed by atoms with Crippen LogP contribution >= 0.6 is 0 Å². The molecule has 0 spiro atoms. The molecule has 12 heavy (non-hydrogen) atoms. The van der Waals surface area contributed by atoms with Gasteiger partial charge in [0.2, 0.25) is 0 Å². The van der Waals surface area contributed by atoms with E-state index in [1.54, 1.807) is 24.3 Å². The zero-order valence-corrected chi connectivity index (χ0v) is 6.56. The Morgan fingerprint density at radius 3 is 2.50 bits per heavy atom. The van der Waals surface area contributed by atoms with Crippen LogP contribution in [-0.4, -0.2) is 12.3 Å². The lowest BCUT2D eigenvalue weighted by atomic mass is 10.1. The first-order valence-corrected chi connectivity index (χ1v) is 3.72. The van der Waals surface area contributed by atoms with E-state index in [0.29, 0.717) is 5.56 Å². The number of carbonyl (C=O) groups excluding carboxylic acids is 1. The van der Waals surface area contributed by atoms with Gasteiger partial charge in [-0.25, -0.2) is 0 Å². The van der Waals surface area contributed by atoms with Crippen LogP contribution < -0.4 is 0 Å². The molecule has 0 aliphatic carbocycles. The number of nitrogens with zero attached hydrogens (tertiary/aromatic N) is 1. The summed E-state index contributed by atoms with van der Waals surface area (Å²) in [7, 11) is 0. The predicted octanol–water partition coefficient (Wildman–Crippen LogP) is 2.03. The number of ketones is 1. The lowest BCUT2D eigenvalue weighted by molar-refractivity contribution is 0.0985. The van der Waals surface area contributed by atoms with Gasteiger partial charge in [0, 0.05) is 12.0 Å². The van der Waals surface area contributed by atoms with Crippen molar-refractivity contribution in [2.45, 2.75) is 6.42 Å². The minimum absolute atomic E-state index is 0.0322. The molecular formula is C9H9NO2. The van der Waals surface area contributed by atoms with E-state index in [1.165, 1.54) is 0 Å². The molecule has 0 atom stereocenters. The molecule has 0 aliphatic heterocycles. The average molecular weight is 163 g/mol. The predicted molar refractivity (Wildman–Crippen MR) is 46.1 cm³/mol. The molecule has 0 N–H and O–H groups in total. The number of hydrogen-bond acceptors (Lipinski definition) is 3. The van der Waals surface area contributed by atoms with Gasteiger partial charge in [-0.2, -0.15) is 4.91 Å². The van der Waals surface area contributed by atoms with Crippen LogP contribution in [0.2, 0.25) is 0 Å². The largest absolute Gasteiger partial charge is 0.294 e. The van der Waals surface area contributed by atoms with Crippen LogP contribution in [0.5, 0.6) is 0 Å². The fraction of sp³-hybridized carbons (Fsp3) is 0.222. The highest BCUT2D eigenvalue weighted by Crippen LogP contribution is 2.02. The van der Waals surface area contributed by atoms with Crippen molar-refractivity contribution in [1.82, 2.24) is 0 Å². The maximum absolute atomic E-state index is 11.2. The van der Waals surface area contributed by atoms with Crippen molar-refractivity contribution < 1.29 is 4.79 Å². The second-order valence-electron chi connectivity index (χ2n) is 2.39. The van der Waals surface area contributed by atoms with Gasteiger partial charge in [-0.3, -0.25) is 4.79 Å². The van der Waals surface area contributed by atoms with Crippen molar-refractivity contribution in [3.63, 3.8) is 0 Å². The molecule has 3 nitrogen and oxygen atoms in total. The van der Waals surface area contributed by atoms with Gasteiger partial charge < -0.3 is 0 Å². The van der Waals surface area contributed by atoms with Crippen molar-refractivity contribution in [3.05, 3.63) is 40.8 Å². The molecule has 0 bridgehead atoms. The zero-order chi connectivity index (χ0) is 8.81. The monoisotopic (exact) mass is 163 g/mol. The first-order valence-electron chi connectivity index (χ1n) is 3.72. The number of rotatable bonds is 4. The van der Waals surface area contributed by atoms with Crippen LogP contribution in [0.4, 0.5) is 0 Å². The molecule has 0 aliphatic rings. The van der Waals surface area contributed by atoms with Crippen molar-refractivity contribution in [3.8, 4) is 0 Å². The Morgan fingerprint density at radius 1 is 1.25 bits per heavy atom. The third-order valence-corrected chi connectivity index (χ3v) is 1.53. The van der Waals surface area contributed by atoms with E-state index in [2.05, 4.69) is 5.18 Å². The van der Waals surface area contributed by atoms with Gasteiger partial charge in [0.25, 0.3) is 0 Å². The molecule has 1 rings (SSSR count). The van der Waals surface area contributed by atoms with E-state index in [4.69, 9.17) is 0 Å². The van der Waals surface area contributed by atoms with Crippen molar-refractivity contribution in [2.24, 2.45) is 5.18 Å². The van der Waals surface area contributed by atoms with E-state index in [0.717, 1.165) is 0 Å². The molecule has 1 aromatic rings. The number of benzene rings is 1. The van der Waals surface area contributed by atoms with Gasteiger partial charge in [-0.1, -0.05) is 35.5 Å². The Balaban J connectivity index is 2.59. The van der Waals surface area contributed by atoms with Gasteiger partial charge in [0.05, 0.1) is 6.54 Å². The normalized spacial score (nSPS) is 9.33. The van der Waals surface area contributed by atoms with Crippen LogP contribution in [0.15, 0.2) is 35.5 Å². The fourth-order valence-corrected chi connectivity index (χ4v) is 0.916. The number of nitroso groups, excluding NO2 is 1. The quantitative estimate of drug-likeness (QED) is 0.503. The van der Waals surface area contributed by atoms with Crippen LogP contribution in [0.1, 0.15) is 16.8 Å². The standard InChI is InChI=1S/C9H9NO2/c11-9(6-7-10-12)8-4-2-1-3-5-8/h1-5H,6-7H2. The fourth-order valence-electron chi connectivity index (χ4n) is 0.916. The maximum atomic E-state index is 11.2. The summed E-state index contributed by atoms with van der Waals surface area (Å²) < 4.78 is 0. The SMILES string of the molecule is O=NCCC(=O)c1ccccc1. The third kappa shape index (κ3) is 2.27. The summed E-state index contributed by atoms with van der Waals surface area (Å²) in [4.78, 5) is 20.9. The molecule has 0 saturated heterocycles. The molecule has 0 unspecified atom stereocenters. The molecular weight excluding hydrogens is 154 g/mol. The lowest BCUT2D eigenvalue weighted by Crippen LogP contribution is -1.99. The molecule has 0 amide bonds. The summed E-state index contributed by atoms with van der Waals surface area (Å²) in [6, 6.07) is 8.89. The molecule has 0 fully saturated rings. The van der Waals surface area contributed by atoms with Gasteiger partial charge in [-0.15, -0.1) is 0 Å². The highest BCUT2D eigenvalue weighted by molar-refractivity contribution is 5.96.